The number of hydrogen-bond acceptors (Lipinski definition) is 4. The molecule has 0 spiro atoms. The van der Waals surface area contributed by atoms with E-state index >= 15 is 0 Å². The predicted molar refractivity (Wildman–Crippen MR) is 92.2 cm³/mol. The first-order valence-electron chi connectivity index (χ1n) is 7.70. The zero-order valence-corrected chi connectivity index (χ0v) is 12.7. The van der Waals surface area contributed by atoms with Crippen LogP contribution in [0.25, 0.3) is 0 Å². The quantitative estimate of drug-likeness (QED) is 0.534. The third-order valence-corrected chi connectivity index (χ3v) is 4.11. The number of nitrogens with two attached hydrogens (primary N) is 1. The molecule has 0 bridgehead atoms. The summed E-state index contributed by atoms with van der Waals surface area (Å²) in [5.41, 5.74) is 3.68. The standard InChI is InChI=1S/C18H22N4/c19-20-14-17-8-4-5-9-18(17)22-12-10-21(11-13-22)15-16-6-2-1-3-7-16/h1-9,14H,10-13,15,19H2. The van der Waals surface area contributed by atoms with Crippen LogP contribution in [0, 0.1) is 0 Å². The lowest BCUT2D eigenvalue weighted by atomic mass is 10.1. The Labute approximate surface area is 131 Å². The molecule has 0 amide bonds. The zero-order valence-electron chi connectivity index (χ0n) is 12.7. The van der Waals surface area contributed by atoms with E-state index in [1.54, 1.807) is 6.21 Å². The van der Waals surface area contributed by atoms with Crippen LogP contribution in [-0.2, 0) is 6.54 Å². The second-order valence-corrected chi connectivity index (χ2v) is 5.59. The molecule has 0 unspecified atom stereocenters. The smallest absolute Gasteiger partial charge is 0.0558 e. The lowest BCUT2D eigenvalue weighted by molar-refractivity contribution is 0.250. The van der Waals surface area contributed by atoms with E-state index in [-0.39, 0.29) is 0 Å². The summed E-state index contributed by atoms with van der Waals surface area (Å²) in [4.78, 5) is 4.92. The fraction of sp³-hybridized carbons (Fsp3) is 0.278. The topological polar surface area (TPSA) is 44.9 Å². The molecule has 1 saturated heterocycles. The van der Waals surface area contributed by atoms with Gasteiger partial charge in [-0.2, -0.15) is 5.10 Å². The van der Waals surface area contributed by atoms with E-state index in [9.17, 15) is 0 Å². The van der Waals surface area contributed by atoms with Crippen molar-refractivity contribution >= 4 is 11.9 Å². The summed E-state index contributed by atoms with van der Waals surface area (Å²) in [6.45, 7) is 5.23. The van der Waals surface area contributed by atoms with Crippen molar-refractivity contribution in [2.45, 2.75) is 6.54 Å². The maximum absolute atomic E-state index is 5.31. The zero-order chi connectivity index (χ0) is 15.2. The number of hydrazone groups is 1. The van der Waals surface area contributed by atoms with E-state index < -0.39 is 0 Å². The highest BCUT2D eigenvalue weighted by atomic mass is 15.3. The Balaban J connectivity index is 1.62. The van der Waals surface area contributed by atoms with Gasteiger partial charge in [0, 0.05) is 44.0 Å². The van der Waals surface area contributed by atoms with Gasteiger partial charge in [-0.3, -0.25) is 4.90 Å². The summed E-state index contributed by atoms with van der Waals surface area (Å²) in [6.07, 6.45) is 1.73. The fourth-order valence-electron chi connectivity index (χ4n) is 2.95. The molecule has 0 atom stereocenters. The molecule has 0 aliphatic carbocycles. The molecule has 0 radical (unpaired) electrons. The van der Waals surface area contributed by atoms with Crippen LogP contribution in [0.2, 0.25) is 0 Å². The molecule has 2 aromatic rings. The molecule has 0 aromatic heterocycles. The molecule has 1 aliphatic heterocycles. The van der Waals surface area contributed by atoms with E-state index in [0.717, 1.165) is 38.3 Å². The third kappa shape index (κ3) is 3.46. The minimum atomic E-state index is 1.03. The van der Waals surface area contributed by atoms with E-state index in [2.05, 4.69) is 63.4 Å². The van der Waals surface area contributed by atoms with Crippen molar-refractivity contribution in [3.8, 4) is 0 Å². The van der Waals surface area contributed by atoms with Crippen LogP contribution in [-0.4, -0.2) is 37.3 Å². The number of rotatable bonds is 4. The van der Waals surface area contributed by atoms with Gasteiger partial charge in [0.05, 0.1) is 6.21 Å². The number of para-hydroxylation sites is 1. The van der Waals surface area contributed by atoms with Crippen molar-refractivity contribution in [2.24, 2.45) is 10.9 Å². The third-order valence-electron chi connectivity index (χ3n) is 4.11. The summed E-state index contributed by atoms with van der Waals surface area (Å²) in [7, 11) is 0. The minimum Gasteiger partial charge on any atom is -0.368 e. The Morgan fingerprint density at radius 2 is 1.59 bits per heavy atom. The van der Waals surface area contributed by atoms with E-state index in [4.69, 9.17) is 5.84 Å². The molecule has 114 valence electrons. The van der Waals surface area contributed by atoms with Gasteiger partial charge in [0.25, 0.3) is 0 Å². The molecule has 4 heteroatoms. The van der Waals surface area contributed by atoms with Crippen molar-refractivity contribution in [1.29, 1.82) is 0 Å². The van der Waals surface area contributed by atoms with Gasteiger partial charge in [0.1, 0.15) is 0 Å². The fourth-order valence-corrected chi connectivity index (χ4v) is 2.95. The lowest BCUT2D eigenvalue weighted by Crippen LogP contribution is -2.46. The number of benzene rings is 2. The van der Waals surface area contributed by atoms with Crippen LogP contribution in [0.15, 0.2) is 59.7 Å². The second kappa shape index (κ2) is 7.09. The molecule has 1 fully saturated rings. The van der Waals surface area contributed by atoms with Gasteiger partial charge in [-0.15, -0.1) is 0 Å². The maximum atomic E-state index is 5.31. The van der Waals surface area contributed by atoms with Gasteiger partial charge in [0.15, 0.2) is 0 Å². The Hall–Kier alpha value is -2.33. The Bertz CT molecular complexity index is 616. The summed E-state index contributed by atoms with van der Waals surface area (Å²) >= 11 is 0. The first kappa shape index (κ1) is 14.6. The Morgan fingerprint density at radius 3 is 2.32 bits per heavy atom. The molecule has 0 saturated carbocycles. The van der Waals surface area contributed by atoms with Crippen molar-refractivity contribution in [3.63, 3.8) is 0 Å². The molecule has 22 heavy (non-hydrogen) atoms. The predicted octanol–water partition coefficient (Wildman–Crippen LogP) is 2.30. The highest BCUT2D eigenvalue weighted by molar-refractivity contribution is 5.87. The molecule has 2 aromatic carbocycles. The van der Waals surface area contributed by atoms with Crippen LogP contribution >= 0.6 is 0 Å². The van der Waals surface area contributed by atoms with Crippen LogP contribution in [0.3, 0.4) is 0 Å². The van der Waals surface area contributed by atoms with Gasteiger partial charge in [0.2, 0.25) is 0 Å². The van der Waals surface area contributed by atoms with E-state index in [0.29, 0.717) is 0 Å². The highest BCUT2D eigenvalue weighted by Gasteiger charge is 2.18. The van der Waals surface area contributed by atoms with Crippen molar-refractivity contribution < 1.29 is 0 Å². The molecular formula is C18H22N4. The van der Waals surface area contributed by atoms with Crippen LogP contribution in [0.4, 0.5) is 5.69 Å². The number of hydrogen-bond donors (Lipinski definition) is 1. The van der Waals surface area contributed by atoms with E-state index in [1.807, 2.05) is 6.07 Å². The van der Waals surface area contributed by atoms with Crippen molar-refractivity contribution in [1.82, 2.24) is 4.90 Å². The van der Waals surface area contributed by atoms with Gasteiger partial charge >= 0.3 is 0 Å². The number of nitrogens with zero attached hydrogens (tertiary/aromatic N) is 3. The maximum Gasteiger partial charge on any atom is 0.0558 e. The largest absolute Gasteiger partial charge is 0.368 e. The molecule has 4 nitrogen and oxygen atoms in total. The second-order valence-electron chi connectivity index (χ2n) is 5.59. The summed E-state index contributed by atoms with van der Waals surface area (Å²) < 4.78 is 0. The summed E-state index contributed by atoms with van der Waals surface area (Å²) in [6, 6.07) is 19.0. The number of piperazine rings is 1. The Kier molecular flexibility index (Phi) is 4.71. The van der Waals surface area contributed by atoms with Gasteiger partial charge in [-0.1, -0.05) is 48.5 Å². The lowest BCUT2D eigenvalue weighted by Gasteiger charge is -2.36. The molecular weight excluding hydrogens is 272 g/mol. The SMILES string of the molecule is NN=Cc1ccccc1N1CCN(Cc2ccccc2)CC1. The first-order valence-corrected chi connectivity index (χ1v) is 7.70. The van der Waals surface area contributed by atoms with Crippen LogP contribution < -0.4 is 10.7 Å². The monoisotopic (exact) mass is 294 g/mol. The van der Waals surface area contributed by atoms with Crippen molar-refractivity contribution in [2.75, 3.05) is 31.1 Å². The molecule has 3 rings (SSSR count). The first-order chi connectivity index (χ1) is 10.9. The van der Waals surface area contributed by atoms with Crippen LogP contribution in [0.5, 0.6) is 0 Å². The van der Waals surface area contributed by atoms with Crippen LogP contribution in [0.1, 0.15) is 11.1 Å². The summed E-state index contributed by atoms with van der Waals surface area (Å²) in [5.74, 6) is 5.31. The van der Waals surface area contributed by atoms with Gasteiger partial charge in [-0.05, 0) is 11.6 Å². The Morgan fingerprint density at radius 1 is 0.909 bits per heavy atom. The summed E-state index contributed by atoms with van der Waals surface area (Å²) in [5, 5.41) is 3.67. The molecule has 1 aliphatic rings. The van der Waals surface area contributed by atoms with E-state index in [1.165, 1.54) is 11.3 Å². The minimum absolute atomic E-state index is 1.03. The average Bonchev–Trinajstić information content (AvgIpc) is 2.58. The molecule has 1 heterocycles. The number of anilines is 1. The van der Waals surface area contributed by atoms with Gasteiger partial charge < -0.3 is 10.7 Å². The highest BCUT2D eigenvalue weighted by Crippen LogP contribution is 2.21. The van der Waals surface area contributed by atoms with Crippen molar-refractivity contribution in [3.05, 3.63) is 65.7 Å². The average molecular weight is 294 g/mol. The van der Waals surface area contributed by atoms with Gasteiger partial charge in [-0.25, -0.2) is 0 Å². The normalized spacial score (nSPS) is 16.3. The molecule has 2 N–H and O–H groups in total.